The molecular weight excluding hydrogens is 366 g/mol. The molecule has 2 aromatic rings. The normalized spacial score (nSPS) is 14.7. The zero-order chi connectivity index (χ0) is 20.1. The molecule has 0 spiro atoms. The Morgan fingerprint density at radius 1 is 1.32 bits per heavy atom. The van der Waals surface area contributed by atoms with E-state index < -0.39 is 6.43 Å². The Labute approximate surface area is 162 Å². The number of benzene rings is 1. The molecule has 1 aromatic carbocycles. The molecule has 150 valence electrons. The van der Waals surface area contributed by atoms with Crippen molar-refractivity contribution >= 4 is 6.03 Å². The molecule has 1 aliphatic heterocycles. The summed E-state index contributed by atoms with van der Waals surface area (Å²) in [4.78, 5) is 23.1. The Morgan fingerprint density at radius 3 is 2.75 bits per heavy atom. The van der Waals surface area contributed by atoms with Gasteiger partial charge in [0.1, 0.15) is 5.82 Å². The molecule has 1 aliphatic rings. The fourth-order valence-corrected chi connectivity index (χ4v) is 3.06. The van der Waals surface area contributed by atoms with Crippen molar-refractivity contribution in [1.82, 2.24) is 20.2 Å². The van der Waals surface area contributed by atoms with Crippen molar-refractivity contribution in [2.45, 2.75) is 39.3 Å². The van der Waals surface area contributed by atoms with Gasteiger partial charge in [0.05, 0.1) is 12.2 Å². The maximum absolute atomic E-state index is 12.6. The number of urea groups is 1. The van der Waals surface area contributed by atoms with Crippen LogP contribution in [0, 0.1) is 5.92 Å². The van der Waals surface area contributed by atoms with E-state index in [2.05, 4.69) is 15.3 Å². The van der Waals surface area contributed by atoms with Crippen molar-refractivity contribution in [3.63, 3.8) is 0 Å². The molecule has 0 unspecified atom stereocenters. The lowest BCUT2D eigenvalue weighted by Gasteiger charge is -2.28. The molecule has 0 saturated heterocycles. The van der Waals surface area contributed by atoms with Crippen molar-refractivity contribution in [2.75, 3.05) is 13.2 Å². The van der Waals surface area contributed by atoms with Crippen LogP contribution >= 0.6 is 0 Å². The summed E-state index contributed by atoms with van der Waals surface area (Å²) < 4.78 is 25.2. The number of nitrogens with zero attached hydrogens (tertiary/aromatic N) is 3. The molecule has 6 nitrogen and oxygen atoms in total. The summed E-state index contributed by atoms with van der Waals surface area (Å²) in [7, 11) is 0. The van der Waals surface area contributed by atoms with E-state index in [1.807, 2.05) is 13.1 Å². The van der Waals surface area contributed by atoms with Gasteiger partial charge < -0.3 is 15.3 Å². The zero-order valence-electron chi connectivity index (χ0n) is 15.7. The van der Waals surface area contributed by atoms with Gasteiger partial charge in [-0.25, -0.2) is 23.5 Å². The number of carbonyl (C=O) groups is 1. The minimum absolute atomic E-state index is 0.0336. The third-order valence-electron chi connectivity index (χ3n) is 4.80. The molecule has 0 saturated carbocycles. The second-order valence-electron chi connectivity index (χ2n) is 7.12. The molecule has 2 N–H and O–H groups in total. The highest BCUT2D eigenvalue weighted by Crippen LogP contribution is 2.19. The number of nitrogens with one attached hydrogen (secondary N) is 1. The van der Waals surface area contributed by atoms with E-state index in [9.17, 15) is 18.7 Å². The smallest absolute Gasteiger partial charge is 0.318 e. The van der Waals surface area contributed by atoms with Crippen LogP contribution in [-0.4, -0.2) is 39.2 Å². The van der Waals surface area contributed by atoms with Crippen LogP contribution in [0.15, 0.2) is 30.5 Å². The van der Waals surface area contributed by atoms with Crippen LogP contribution in [0.4, 0.5) is 13.6 Å². The molecule has 28 heavy (non-hydrogen) atoms. The van der Waals surface area contributed by atoms with E-state index in [1.165, 1.54) is 12.1 Å². The van der Waals surface area contributed by atoms with Crippen molar-refractivity contribution < 1.29 is 18.7 Å². The lowest BCUT2D eigenvalue weighted by Crippen LogP contribution is -2.42. The molecule has 1 atom stereocenters. The van der Waals surface area contributed by atoms with Crippen LogP contribution < -0.4 is 5.32 Å². The second kappa shape index (κ2) is 9.05. The standard InChI is InChI=1S/C20H24F2N4O2/c1-13(12-27)8-18-23-10-16-6-7-26(11-17(16)25-18)20(28)24-9-14-2-4-15(5-3-14)19(21)22/h2-5,10,13,19,27H,6-9,11-12H2,1H3,(H,24,28)/t13-/m1/s1. The first-order chi connectivity index (χ1) is 13.5. The van der Waals surface area contributed by atoms with Gasteiger partial charge in [0.25, 0.3) is 6.43 Å². The highest BCUT2D eigenvalue weighted by Gasteiger charge is 2.22. The Morgan fingerprint density at radius 2 is 2.07 bits per heavy atom. The maximum Gasteiger partial charge on any atom is 0.318 e. The Kier molecular flexibility index (Phi) is 6.51. The fourth-order valence-electron chi connectivity index (χ4n) is 3.06. The average molecular weight is 390 g/mol. The van der Waals surface area contributed by atoms with Crippen LogP contribution in [0.25, 0.3) is 0 Å². The number of aliphatic hydroxyl groups is 1. The number of amides is 2. The van der Waals surface area contributed by atoms with Gasteiger partial charge in [-0.05, 0) is 23.5 Å². The van der Waals surface area contributed by atoms with Gasteiger partial charge in [-0.3, -0.25) is 0 Å². The average Bonchev–Trinajstić information content (AvgIpc) is 2.71. The first-order valence-corrected chi connectivity index (χ1v) is 9.30. The molecule has 8 heteroatoms. The minimum Gasteiger partial charge on any atom is -0.396 e. The molecule has 3 rings (SSSR count). The van der Waals surface area contributed by atoms with Crippen molar-refractivity contribution in [3.8, 4) is 0 Å². The second-order valence-corrected chi connectivity index (χ2v) is 7.12. The largest absolute Gasteiger partial charge is 0.396 e. The van der Waals surface area contributed by atoms with Gasteiger partial charge in [0.15, 0.2) is 0 Å². The van der Waals surface area contributed by atoms with E-state index in [0.717, 1.165) is 16.8 Å². The van der Waals surface area contributed by atoms with Crippen molar-refractivity contribution in [2.24, 2.45) is 5.92 Å². The number of rotatable bonds is 6. The van der Waals surface area contributed by atoms with Gasteiger partial charge in [-0.2, -0.15) is 0 Å². The predicted molar refractivity (Wildman–Crippen MR) is 99.7 cm³/mol. The molecule has 0 fully saturated rings. The first kappa shape index (κ1) is 20.1. The van der Waals surface area contributed by atoms with E-state index in [-0.39, 0.29) is 30.7 Å². The summed E-state index contributed by atoms with van der Waals surface area (Å²) in [5.41, 5.74) is 2.59. The fraction of sp³-hybridized carbons (Fsp3) is 0.450. The number of fused-ring (bicyclic) bond motifs is 1. The van der Waals surface area contributed by atoms with E-state index in [4.69, 9.17) is 0 Å². The summed E-state index contributed by atoms with van der Waals surface area (Å²) >= 11 is 0. The number of aliphatic hydroxyl groups excluding tert-OH is 1. The van der Waals surface area contributed by atoms with Crippen LogP contribution in [0.3, 0.4) is 0 Å². The van der Waals surface area contributed by atoms with E-state index >= 15 is 0 Å². The summed E-state index contributed by atoms with van der Waals surface area (Å²) in [5.74, 6) is 0.749. The minimum atomic E-state index is -2.50. The maximum atomic E-state index is 12.6. The third kappa shape index (κ3) is 5.01. The topological polar surface area (TPSA) is 78.4 Å². The molecule has 0 bridgehead atoms. The summed E-state index contributed by atoms with van der Waals surface area (Å²) in [6.45, 7) is 3.24. The number of carbonyl (C=O) groups excluding carboxylic acids is 1. The van der Waals surface area contributed by atoms with Crippen molar-refractivity contribution in [1.29, 1.82) is 0 Å². The SMILES string of the molecule is C[C@@H](CO)Cc1ncc2c(n1)CN(C(=O)NCc1ccc(C(F)F)cc1)CC2. The van der Waals surface area contributed by atoms with Crippen molar-refractivity contribution in [3.05, 3.63) is 58.7 Å². The molecule has 0 aliphatic carbocycles. The van der Waals surface area contributed by atoms with Gasteiger partial charge in [-0.15, -0.1) is 0 Å². The Bertz CT molecular complexity index is 814. The first-order valence-electron chi connectivity index (χ1n) is 9.30. The zero-order valence-corrected chi connectivity index (χ0v) is 15.7. The van der Waals surface area contributed by atoms with Gasteiger partial charge in [0, 0.05) is 37.9 Å². The van der Waals surface area contributed by atoms with Crippen LogP contribution in [0.1, 0.15) is 41.6 Å². The summed E-state index contributed by atoms with van der Waals surface area (Å²) in [6, 6.07) is 5.71. The van der Waals surface area contributed by atoms with E-state index in [1.54, 1.807) is 17.0 Å². The number of halogens is 2. The van der Waals surface area contributed by atoms with Gasteiger partial charge >= 0.3 is 6.03 Å². The predicted octanol–water partition coefficient (Wildman–Crippen LogP) is 2.85. The monoisotopic (exact) mass is 390 g/mol. The molecule has 0 radical (unpaired) electrons. The number of hydrogen-bond acceptors (Lipinski definition) is 4. The lowest BCUT2D eigenvalue weighted by molar-refractivity contribution is 0.151. The lowest BCUT2D eigenvalue weighted by atomic mass is 10.1. The number of alkyl halides is 2. The number of aromatic nitrogens is 2. The van der Waals surface area contributed by atoms with E-state index in [0.29, 0.717) is 31.8 Å². The molecule has 1 aromatic heterocycles. The third-order valence-corrected chi connectivity index (χ3v) is 4.80. The Balaban J connectivity index is 1.58. The molecular formula is C20H24F2N4O2. The molecule has 2 amide bonds. The highest BCUT2D eigenvalue weighted by molar-refractivity contribution is 5.74. The summed E-state index contributed by atoms with van der Waals surface area (Å²) in [5, 5.41) is 12.0. The molecule has 2 heterocycles. The number of hydrogen-bond donors (Lipinski definition) is 2. The quantitative estimate of drug-likeness (QED) is 0.795. The Hall–Kier alpha value is -2.61. The van der Waals surface area contributed by atoms with Crippen LogP contribution in [0.2, 0.25) is 0 Å². The van der Waals surface area contributed by atoms with Gasteiger partial charge in [0.2, 0.25) is 0 Å². The van der Waals surface area contributed by atoms with Crippen LogP contribution in [-0.2, 0) is 25.9 Å². The van der Waals surface area contributed by atoms with Gasteiger partial charge in [-0.1, -0.05) is 31.2 Å². The summed E-state index contributed by atoms with van der Waals surface area (Å²) in [6.07, 6.45) is 0.581. The highest BCUT2D eigenvalue weighted by atomic mass is 19.3. The van der Waals surface area contributed by atoms with Crippen LogP contribution in [0.5, 0.6) is 0 Å².